The number of rotatable bonds is 2. The van der Waals surface area contributed by atoms with Crippen LogP contribution in [0.1, 0.15) is 23.1 Å². The Labute approximate surface area is 98.1 Å². The molecule has 0 aromatic carbocycles. The van der Waals surface area contributed by atoms with Crippen LogP contribution in [0.2, 0.25) is 0 Å². The van der Waals surface area contributed by atoms with Gasteiger partial charge in [-0.25, -0.2) is 0 Å². The second-order valence-electron chi connectivity index (χ2n) is 3.56. The maximum absolute atomic E-state index is 8.96. The molecule has 0 bridgehead atoms. The summed E-state index contributed by atoms with van der Waals surface area (Å²) in [5, 5.41) is 8.96. The smallest absolute Gasteiger partial charge is 0.128 e. The Kier molecular flexibility index (Phi) is 2.71. The molecule has 82 valence electrons. The van der Waals surface area contributed by atoms with E-state index in [1.54, 1.807) is 6.26 Å². The quantitative estimate of drug-likeness (QED) is 0.863. The molecule has 0 amide bonds. The first kappa shape index (κ1) is 10.8. The number of nitrogens with two attached hydrogens (primary N) is 1. The molecule has 2 aromatic heterocycles. The number of nitrogens with zero attached hydrogens (tertiary/aromatic N) is 1. The molecule has 0 aliphatic heterocycles. The summed E-state index contributed by atoms with van der Waals surface area (Å²) in [6.07, 6.45) is 2.53. The van der Waals surface area contributed by atoms with Gasteiger partial charge in [-0.2, -0.15) is 5.26 Å². The van der Waals surface area contributed by atoms with E-state index in [0.717, 1.165) is 28.2 Å². The monoisotopic (exact) mass is 232 g/mol. The number of anilines is 1. The summed E-state index contributed by atoms with van der Waals surface area (Å²) >= 11 is 1.43. The van der Waals surface area contributed by atoms with Gasteiger partial charge in [0.25, 0.3) is 0 Å². The third kappa shape index (κ3) is 1.59. The predicted octanol–water partition coefficient (Wildman–Crippen LogP) is 3.33. The van der Waals surface area contributed by atoms with E-state index in [1.165, 1.54) is 11.3 Å². The Balaban J connectivity index is 2.61. The number of hydrogen-bond donors (Lipinski definition) is 1. The van der Waals surface area contributed by atoms with Gasteiger partial charge in [-0.1, -0.05) is 6.92 Å². The van der Waals surface area contributed by atoms with Crippen molar-refractivity contribution in [2.45, 2.75) is 20.3 Å². The minimum atomic E-state index is 0.589. The fourth-order valence-electron chi connectivity index (χ4n) is 1.71. The number of aryl methyl sites for hydroxylation is 1. The van der Waals surface area contributed by atoms with E-state index in [9.17, 15) is 0 Å². The van der Waals surface area contributed by atoms with E-state index < -0.39 is 0 Å². The van der Waals surface area contributed by atoms with Gasteiger partial charge in [0.2, 0.25) is 0 Å². The van der Waals surface area contributed by atoms with Gasteiger partial charge in [0.1, 0.15) is 16.7 Å². The molecule has 0 unspecified atom stereocenters. The van der Waals surface area contributed by atoms with Crippen LogP contribution in [-0.4, -0.2) is 0 Å². The van der Waals surface area contributed by atoms with Crippen LogP contribution < -0.4 is 5.73 Å². The molecule has 3 nitrogen and oxygen atoms in total. The summed E-state index contributed by atoms with van der Waals surface area (Å²) in [6.45, 7) is 3.94. The standard InChI is InChI=1S/C12H12N2OS/c1-3-9-11(14)10(5-13)16-12(9)8-4-7(2)15-6-8/h4,6H,3,14H2,1-2H3. The highest BCUT2D eigenvalue weighted by atomic mass is 32.1. The van der Waals surface area contributed by atoms with Crippen LogP contribution in [0.5, 0.6) is 0 Å². The number of thiophene rings is 1. The second-order valence-corrected chi connectivity index (χ2v) is 4.58. The van der Waals surface area contributed by atoms with Crippen molar-refractivity contribution in [3.63, 3.8) is 0 Å². The van der Waals surface area contributed by atoms with Gasteiger partial charge in [-0.05, 0) is 25.0 Å². The number of nitrogen functional groups attached to an aromatic ring is 1. The van der Waals surface area contributed by atoms with Crippen LogP contribution in [0.3, 0.4) is 0 Å². The first-order valence-corrected chi connectivity index (χ1v) is 5.85. The molecule has 0 fully saturated rings. The summed E-state index contributed by atoms with van der Waals surface area (Å²) < 4.78 is 5.28. The molecule has 2 rings (SSSR count). The molecular weight excluding hydrogens is 220 g/mol. The Morgan fingerprint density at radius 1 is 1.56 bits per heavy atom. The largest absolute Gasteiger partial charge is 0.469 e. The first-order chi connectivity index (χ1) is 7.67. The average molecular weight is 232 g/mol. The van der Waals surface area contributed by atoms with Crippen LogP contribution in [-0.2, 0) is 6.42 Å². The van der Waals surface area contributed by atoms with Crippen molar-refractivity contribution in [3.05, 3.63) is 28.5 Å². The maximum atomic E-state index is 8.96. The summed E-state index contributed by atoms with van der Waals surface area (Å²) in [5.74, 6) is 0.863. The molecule has 2 heterocycles. The second kappa shape index (κ2) is 4.03. The molecule has 4 heteroatoms. The zero-order valence-corrected chi connectivity index (χ0v) is 10.0. The van der Waals surface area contributed by atoms with Crippen LogP contribution in [0.15, 0.2) is 16.7 Å². The van der Waals surface area contributed by atoms with E-state index >= 15 is 0 Å². The molecule has 0 radical (unpaired) electrons. The predicted molar refractivity (Wildman–Crippen MR) is 65.3 cm³/mol. The molecular formula is C12H12N2OS. The summed E-state index contributed by atoms with van der Waals surface area (Å²) in [7, 11) is 0. The van der Waals surface area contributed by atoms with Crippen LogP contribution in [0, 0.1) is 18.3 Å². The molecule has 16 heavy (non-hydrogen) atoms. The normalized spacial score (nSPS) is 10.3. The summed E-state index contributed by atoms with van der Waals surface area (Å²) in [5.41, 5.74) is 8.59. The summed E-state index contributed by atoms with van der Waals surface area (Å²) in [4.78, 5) is 1.64. The molecule has 0 atom stereocenters. The van der Waals surface area contributed by atoms with E-state index in [1.807, 2.05) is 19.9 Å². The molecule has 0 saturated carbocycles. The lowest BCUT2D eigenvalue weighted by molar-refractivity contribution is 0.535. The highest BCUT2D eigenvalue weighted by Gasteiger charge is 2.16. The van der Waals surface area contributed by atoms with Crippen molar-refractivity contribution >= 4 is 17.0 Å². The third-order valence-electron chi connectivity index (χ3n) is 2.50. The molecule has 0 aliphatic carbocycles. The number of furan rings is 1. The minimum Gasteiger partial charge on any atom is -0.469 e. The lowest BCUT2D eigenvalue weighted by atomic mass is 10.1. The SMILES string of the molecule is CCc1c(-c2coc(C)c2)sc(C#N)c1N. The van der Waals surface area contributed by atoms with E-state index in [4.69, 9.17) is 15.4 Å². The van der Waals surface area contributed by atoms with Crippen molar-refractivity contribution in [1.29, 1.82) is 5.26 Å². The highest BCUT2D eigenvalue weighted by molar-refractivity contribution is 7.16. The fraction of sp³-hybridized carbons (Fsp3) is 0.250. The van der Waals surface area contributed by atoms with Crippen LogP contribution in [0.25, 0.3) is 10.4 Å². The lowest BCUT2D eigenvalue weighted by Gasteiger charge is -1.98. The zero-order chi connectivity index (χ0) is 11.7. The van der Waals surface area contributed by atoms with Crippen molar-refractivity contribution < 1.29 is 4.42 Å². The topological polar surface area (TPSA) is 63.0 Å². The molecule has 0 spiro atoms. The Morgan fingerprint density at radius 3 is 2.81 bits per heavy atom. The van der Waals surface area contributed by atoms with Gasteiger partial charge < -0.3 is 10.2 Å². The number of hydrogen-bond acceptors (Lipinski definition) is 4. The van der Waals surface area contributed by atoms with E-state index in [-0.39, 0.29) is 0 Å². The fourth-order valence-corrected chi connectivity index (χ4v) is 2.79. The lowest BCUT2D eigenvalue weighted by Crippen LogP contribution is -1.91. The average Bonchev–Trinajstić information content (AvgIpc) is 2.82. The van der Waals surface area contributed by atoms with Crippen molar-refractivity contribution in [3.8, 4) is 16.5 Å². The Hall–Kier alpha value is -1.73. The van der Waals surface area contributed by atoms with Crippen molar-refractivity contribution in [1.82, 2.24) is 0 Å². The van der Waals surface area contributed by atoms with Gasteiger partial charge in [0, 0.05) is 10.4 Å². The van der Waals surface area contributed by atoms with Gasteiger partial charge >= 0.3 is 0 Å². The maximum Gasteiger partial charge on any atom is 0.128 e. The number of nitriles is 1. The van der Waals surface area contributed by atoms with E-state index in [0.29, 0.717) is 10.6 Å². The van der Waals surface area contributed by atoms with Crippen molar-refractivity contribution in [2.75, 3.05) is 5.73 Å². The molecule has 2 N–H and O–H groups in total. The summed E-state index contributed by atoms with van der Waals surface area (Å²) in [6, 6.07) is 4.09. The van der Waals surface area contributed by atoms with E-state index in [2.05, 4.69) is 6.07 Å². The van der Waals surface area contributed by atoms with Crippen LogP contribution in [0.4, 0.5) is 5.69 Å². The van der Waals surface area contributed by atoms with Gasteiger partial charge in [-0.15, -0.1) is 11.3 Å². The molecule has 0 aliphatic rings. The highest BCUT2D eigenvalue weighted by Crippen LogP contribution is 2.39. The van der Waals surface area contributed by atoms with Gasteiger partial charge in [0.05, 0.1) is 12.0 Å². The van der Waals surface area contributed by atoms with Gasteiger partial charge in [0.15, 0.2) is 0 Å². The minimum absolute atomic E-state index is 0.589. The van der Waals surface area contributed by atoms with Gasteiger partial charge in [-0.3, -0.25) is 0 Å². The Bertz CT molecular complexity index is 560. The zero-order valence-electron chi connectivity index (χ0n) is 9.20. The van der Waals surface area contributed by atoms with Crippen LogP contribution >= 0.6 is 11.3 Å². The first-order valence-electron chi connectivity index (χ1n) is 5.04. The third-order valence-corrected chi connectivity index (χ3v) is 3.70. The molecule has 2 aromatic rings. The molecule has 0 saturated heterocycles. The van der Waals surface area contributed by atoms with Crippen molar-refractivity contribution in [2.24, 2.45) is 0 Å². The Morgan fingerprint density at radius 2 is 2.31 bits per heavy atom.